The minimum atomic E-state index is -3.34. The van der Waals surface area contributed by atoms with Crippen molar-refractivity contribution in [3.05, 3.63) is 12.0 Å². The van der Waals surface area contributed by atoms with E-state index in [0.29, 0.717) is 5.82 Å². The second-order valence-electron chi connectivity index (χ2n) is 4.27. The largest absolute Gasteiger partial charge is 0.383 e. The van der Waals surface area contributed by atoms with Crippen LogP contribution in [0, 0.1) is 0 Å². The molecule has 3 N–H and O–H groups in total. The van der Waals surface area contributed by atoms with E-state index in [1.165, 1.54) is 6.20 Å². The number of piperidine rings is 1. The van der Waals surface area contributed by atoms with E-state index in [9.17, 15) is 8.42 Å². The second kappa shape index (κ2) is 4.58. The van der Waals surface area contributed by atoms with Gasteiger partial charge in [-0.1, -0.05) is 0 Å². The smallest absolute Gasteiger partial charge is 0.180 e. The molecule has 0 amide bonds. The molecule has 17 heavy (non-hydrogen) atoms. The molecule has 1 aliphatic rings. The van der Waals surface area contributed by atoms with Gasteiger partial charge in [-0.05, 0) is 25.9 Å². The molecule has 0 atom stereocenters. The Bertz CT molecular complexity index is 509. The molecule has 1 aromatic rings. The Morgan fingerprint density at radius 1 is 1.41 bits per heavy atom. The van der Waals surface area contributed by atoms with Gasteiger partial charge in [-0.2, -0.15) is 0 Å². The first-order chi connectivity index (χ1) is 7.98. The van der Waals surface area contributed by atoms with Gasteiger partial charge in [-0.3, -0.25) is 0 Å². The van der Waals surface area contributed by atoms with E-state index in [4.69, 9.17) is 5.73 Å². The van der Waals surface area contributed by atoms with Crippen LogP contribution in [0.5, 0.6) is 0 Å². The average molecular weight is 256 g/mol. The van der Waals surface area contributed by atoms with Crippen LogP contribution in [-0.2, 0) is 9.84 Å². The maximum atomic E-state index is 11.4. The van der Waals surface area contributed by atoms with Crippen LogP contribution in [0.25, 0.3) is 0 Å². The summed E-state index contributed by atoms with van der Waals surface area (Å²) in [5.74, 6) is 0.972. The standard InChI is InChI=1S/C10H16N4O2S/c1-17(15,16)8-6-13-10(14-9(8)11)7-2-4-12-5-3-7/h6-7,12H,2-5H2,1H3,(H2,11,13,14). The van der Waals surface area contributed by atoms with Crippen LogP contribution in [0.1, 0.15) is 24.6 Å². The Kier molecular flexibility index (Phi) is 3.30. The first-order valence-corrected chi connectivity index (χ1v) is 7.41. The van der Waals surface area contributed by atoms with Crippen molar-refractivity contribution >= 4 is 15.7 Å². The number of nitrogen functional groups attached to an aromatic ring is 1. The summed E-state index contributed by atoms with van der Waals surface area (Å²) in [7, 11) is -3.34. The number of nitrogens with one attached hydrogen (secondary N) is 1. The topological polar surface area (TPSA) is 98.0 Å². The van der Waals surface area contributed by atoms with E-state index >= 15 is 0 Å². The van der Waals surface area contributed by atoms with Crippen molar-refractivity contribution in [3.8, 4) is 0 Å². The fourth-order valence-corrected chi connectivity index (χ4v) is 2.63. The SMILES string of the molecule is CS(=O)(=O)c1cnc(C2CCNCC2)nc1N. The molecule has 1 aromatic heterocycles. The molecular formula is C10H16N4O2S. The maximum absolute atomic E-state index is 11.4. The number of hydrogen-bond donors (Lipinski definition) is 2. The van der Waals surface area contributed by atoms with Gasteiger partial charge in [0.1, 0.15) is 16.5 Å². The fraction of sp³-hybridized carbons (Fsp3) is 0.600. The Labute approximate surface area is 101 Å². The zero-order chi connectivity index (χ0) is 12.5. The summed E-state index contributed by atoms with van der Waals surface area (Å²) in [4.78, 5) is 8.26. The van der Waals surface area contributed by atoms with Crippen LogP contribution in [0.15, 0.2) is 11.1 Å². The highest BCUT2D eigenvalue weighted by Crippen LogP contribution is 2.24. The van der Waals surface area contributed by atoms with Gasteiger partial charge in [0, 0.05) is 12.2 Å². The molecule has 0 spiro atoms. The third-order valence-electron chi connectivity index (χ3n) is 2.91. The summed E-state index contributed by atoms with van der Waals surface area (Å²) in [5, 5.41) is 3.25. The van der Waals surface area contributed by atoms with Crippen LogP contribution in [0.3, 0.4) is 0 Å². The third kappa shape index (κ3) is 2.73. The molecule has 0 bridgehead atoms. The highest BCUT2D eigenvalue weighted by atomic mass is 32.2. The summed E-state index contributed by atoms with van der Waals surface area (Å²) in [6.45, 7) is 1.86. The molecule has 1 saturated heterocycles. The Morgan fingerprint density at radius 3 is 2.59 bits per heavy atom. The molecule has 0 saturated carbocycles. The highest BCUT2D eigenvalue weighted by molar-refractivity contribution is 7.90. The van der Waals surface area contributed by atoms with Crippen molar-refractivity contribution < 1.29 is 8.42 Å². The first kappa shape index (κ1) is 12.3. The fourth-order valence-electron chi connectivity index (χ4n) is 1.96. The van der Waals surface area contributed by atoms with Gasteiger partial charge >= 0.3 is 0 Å². The minimum absolute atomic E-state index is 0.00943. The Balaban J connectivity index is 2.30. The number of sulfone groups is 1. The van der Waals surface area contributed by atoms with Crippen molar-refractivity contribution in [2.75, 3.05) is 25.1 Å². The van der Waals surface area contributed by atoms with E-state index in [0.717, 1.165) is 32.2 Å². The monoisotopic (exact) mass is 256 g/mol. The van der Waals surface area contributed by atoms with Crippen LogP contribution >= 0.6 is 0 Å². The quantitative estimate of drug-likeness (QED) is 0.768. The zero-order valence-corrected chi connectivity index (χ0v) is 10.5. The van der Waals surface area contributed by atoms with E-state index in [1.54, 1.807) is 0 Å². The average Bonchev–Trinajstić information content (AvgIpc) is 2.28. The van der Waals surface area contributed by atoms with Crippen molar-refractivity contribution in [3.63, 3.8) is 0 Å². The van der Waals surface area contributed by atoms with E-state index in [1.807, 2.05) is 0 Å². The second-order valence-corrected chi connectivity index (χ2v) is 6.26. The van der Waals surface area contributed by atoms with Gasteiger partial charge in [-0.25, -0.2) is 18.4 Å². The third-order valence-corrected chi connectivity index (χ3v) is 4.02. The van der Waals surface area contributed by atoms with E-state index in [2.05, 4.69) is 15.3 Å². The van der Waals surface area contributed by atoms with E-state index < -0.39 is 9.84 Å². The van der Waals surface area contributed by atoms with E-state index in [-0.39, 0.29) is 16.6 Å². The summed E-state index contributed by atoms with van der Waals surface area (Å²) < 4.78 is 22.7. The van der Waals surface area contributed by atoms with Crippen LogP contribution < -0.4 is 11.1 Å². The lowest BCUT2D eigenvalue weighted by Gasteiger charge is -2.21. The molecule has 2 heterocycles. The molecule has 0 aliphatic carbocycles. The van der Waals surface area contributed by atoms with Crippen LogP contribution in [-0.4, -0.2) is 37.7 Å². The van der Waals surface area contributed by atoms with Crippen LogP contribution in [0.2, 0.25) is 0 Å². The van der Waals surface area contributed by atoms with Crippen molar-refractivity contribution in [1.29, 1.82) is 0 Å². The Hall–Kier alpha value is -1.21. The lowest BCUT2D eigenvalue weighted by molar-refractivity contribution is 0.444. The van der Waals surface area contributed by atoms with Gasteiger partial charge in [0.2, 0.25) is 0 Å². The number of aromatic nitrogens is 2. The molecule has 6 nitrogen and oxygen atoms in total. The maximum Gasteiger partial charge on any atom is 0.180 e. The van der Waals surface area contributed by atoms with Gasteiger partial charge in [0.25, 0.3) is 0 Å². The summed E-state index contributed by atoms with van der Waals surface area (Å²) >= 11 is 0. The number of nitrogens with zero attached hydrogens (tertiary/aromatic N) is 2. The number of anilines is 1. The first-order valence-electron chi connectivity index (χ1n) is 5.51. The molecular weight excluding hydrogens is 240 g/mol. The molecule has 2 rings (SSSR count). The van der Waals surface area contributed by atoms with Crippen molar-refractivity contribution in [2.24, 2.45) is 0 Å². The molecule has 1 fully saturated rings. The normalized spacial score (nSPS) is 18.2. The number of nitrogens with two attached hydrogens (primary N) is 1. The predicted molar refractivity (Wildman–Crippen MR) is 64.4 cm³/mol. The molecule has 7 heteroatoms. The zero-order valence-electron chi connectivity index (χ0n) is 9.68. The van der Waals surface area contributed by atoms with Gasteiger partial charge in [0.15, 0.2) is 9.84 Å². The van der Waals surface area contributed by atoms with Gasteiger partial charge in [-0.15, -0.1) is 0 Å². The lowest BCUT2D eigenvalue weighted by atomic mass is 9.97. The summed E-state index contributed by atoms with van der Waals surface area (Å²) in [5.41, 5.74) is 5.67. The van der Waals surface area contributed by atoms with Gasteiger partial charge in [0.05, 0.1) is 6.20 Å². The molecule has 0 unspecified atom stereocenters. The molecule has 1 aliphatic heterocycles. The predicted octanol–water partition coefficient (Wildman–Crippen LogP) is -0.0707. The summed E-state index contributed by atoms with van der Waals surface area (Å²) in [6, 6.07) is 0. The minimum Gasteiger partial charge on any atom is -0.383 e. The lowest BCUT2D eigenvalue weighted by Crippen LogP contribution is -2.27. The Morgan fingerprint density at radius 2 is 2.06 bits per heavy atom. The van der Waals surface area contributed by atoms with Gasteiger partial charge < -0.3 is 11.1 Å². The van der Waals surface area contributed by atoms with Crippen molar-refractivity contribution in [2.45, 2.75) is 23.7 Å². The number of hydrogen-bond acceptors (Lipinski definition) is 6. The van der Waals surface area contributed by atoms with Crippen molar-refractivity contribution in [1.82, 2.24) is 15.3 Å². The molecule has 94 valence electrons. The highest BCUT2D eigenvalue weighted by Gasteiger charge is 2.20. The summed E-state index contributed by atoms with van der Waals surface area (Å²) in [6.07, 6.45) is 4.33. The van der Waals surface area contributed by atoms with Crippen LogP contribution in [0.4, 0.5) is 5.82 Å². The number of rotatable bonds is 2. The molecule has 0 aromatic carbocycles. The molecule has 0 radical (unpaired) electrons.